The summed E-state index contributed by atoms with van der Waals surface area (Å²) in [6, 6.07) is 15.3. The first-order valence-electron chi connectivity index (χ1n) is 8.84. The zero-order valence-electron chi connectivity index (χ0n) is 14.0. The van der Waals surface area contributed by atoms with E-state index in [9.17, 15) is 4.79 Å². The van der Waals surface area contributed by atoms with Gasteiger partial charge in [0.25, 0.3) is 0 Å². The minimum absolute atomic E-state index is 0.182. The maximum Gasteiger partial charge on any atom is 0.223 e. The molecule has 124 valence electrons. The smallest absolute Gasteiger partial charge is 0.223 e. The molecule has 2 aliphatic rings. The van der Waals surface area contributed by atoms with Crippen molar-refractivity contribution in [1.82, 2.24) is 5.32 Å². The molecule has 0 radical (unpaired) electrons. The Kier molecular flexibility index (Phi) is 4.01. The highest BCUT2D eigenvalue weighted by molar-refractivity contribution is 5.81. The van der Waals surface area contributed by atoms with Gasteiger partial charge in [-0.25, -0.2) is 0 Å². The third-order valence-electron chi connectivity index (χ3n) is 4.86. The van der Waals surface area contributed by atoms with Crippen molar-refractivity contribution in [2.45, 2.75) is 38.6 Å². The van der Waals surface area contributed by atoms with Gasteiger partial charge in [0.1, 0.15) is 5.75 Å². The Hall–Kier alpha value is -2.29. The van der Waals surface area contributed by atoms with Crippen LogP contribution >= 0.6 is 0 Å². The van der Waals surface area contributed by atoms with Crippen molar-refractivity contribution in [2.75, 3.05) is 6.61 Å². The maximum atomic E-state index is 11.8. The van der Waals surface area contributed by atoms with Gasteiger partial charge in [-0.15, -0.1) is 0 Å². The van der Waals surface area contributed by atoms with Gasteiger partial charge in [-0.3, -0.25) is 4.79 Å². The van der Waals surface area contributed by atoms with E-state index in [0.29, 0.717) is 0 Å². The Morgan fingerprint density at radius 3 is 2.67 bits per heavy atom. The lowest BCUT2D eigenvalue weighted by Gasteiger charge is -2.14. The molecule has 1 atom stereocenters. The molecule has 1 unspecified atom stereocenters. The number of hydrogen-bond donors (Lipinski definition) is 1. The van der Waals surface area contributed by atoms with Gasteiger partial charge in [-0.05, 0) is 60.6 Å². The standard InChI is InChI=1S/C21H23NO2/c1-14(22-21(23)17-6-7-17)12-15-2-4-16(5-3-15)18-8-9-20-19(13-18)10-11-24-20/h2-5,8-9,13-14,17H,6-7,10-12H2,1H3,(H,22,23). The second kappa shape index (κ2) is 6.31. The highest BCUT2D eigenvalue weighted by Crippen LogP contribution is 2.31. The first kappa shape index (κ1) is 15.3. The summed E-state index contributed by atoms with van der Waals surface area (Å²) in [5.74, 6) is 1.52. The number of hydrogen-bond acceptors (Lipinski definition) is 2. The molecule has 2 aromatic rings. The van der Waals surface area contributed by atoms with E-state index in [2.05, 4.69) is 54.7 Å². The highest BCUT2D eigenvalue weighted by atomic mass is 16.5. The second-order valence-corrected chi connectivity index (χ2v) is 7.01. The van der Waals surface area contributed by atoms with Crippen LogP contribution in [0.2, 0.25) is 0 Å². The minimum atomic E-state index is 0.182. The van der Waals surface area contributed by atoms with Crippen LogP contribution in [0.15, 0.2) is 42.5 Å². The molecule has 2 aromatic carbocycles. The number of ether oxygens (including phenoxy) is 1. The molecule has 1 N–H and O–H groups in total. The van der Waals surface area contributed by atoms with Crippen LogP contribution in [0.4, 0.5) is 0 Å². The zero-order valence-corrected chi connectivity index (χ0v) is 14.0. The normalized spacial score (nSPS) is 17.0. The Bertz CT molecular complexity index is 747. The van der Waals surface area contributed by atoms with Crippen molar-refractivity contribution in [2.24, 2.45) is 5.92 Å². The number of fused-ring (bicyclic) bond motifs is 1. The van der Waals surface area contributed by atoms with Crippen LogP contribution < -0.4 is 10.1 Å². The highest BCUT2D eigenvalue weighted by Gasteiger charge is 2.30. The van der Waals surface area contributed by atoms with Crippen LogP contribution in [-0.2, 0) is 17.6 Å². The van der Waals surface area contributed by atoms with Crippen LogP contribution in [0.3, 0.4) is 0 Å². The third-order valence-corrected chi connectivity index (χ3v) is 4.86. The molecule has 3 nitrogen and oxygen atoms in total. The first-order chi connectivity index (χ1) is 11.7. The van der Waals surface area contributed by atoms with Crippen LogP contribution in [-0.4, -0.2) is 18.6 Å². The Morgan fingerprint density at radius 1 is 1.17 bits per heavy atom. The van der Waals surface area contributed by atoms with Gasteiger partial charge in [0.05, 0.1) is 6.61 Å². The van der Waals surface area contributed by atoms with Gasteiger partial charge >= 0.3 is 0 Å². The summed E-state index contributed by atoms with van der Waals surface area (Å²) < 4.78 is 5.57. The largest absolute Gasteiger partial charge is 0.493 e. The lowest BCUT2D eigenvalue weighted by atomic mass is 9.99. The lowest BCUT2D eigenvalue weighted by Crippen LogP contribution is -2.35. The summed E-state index contributed by atoms with van der Waals surface area (Å²) in [6.45, 7) is 2.87. The molecule has 3 heteroatoms. The van der Waals surface area contributed by atoms with Crippen molar-refractivity contribution >= 4 is 5.91 Å². The molecule has 1 aliphatic carbocycles. The Balaban J connectivity index is 1.41. The fourth-order valence-corrected chi connectivity index (χ4v) is 3.31. The predicted molar refractivity (Wildman–Crippen MR) is 95.1 cm³/mol. The van der Waals surface area contributed by atoms with E-state index in [-0.39, 0.29) is 17.9 Å². The van der Waals surface area contributed by atoms with E-state index < -0.39 is 0 Å². The van der Waals surface area contributed by atoms with E-state index in [1.807, 2.05) is 0 Å². The zero-order chi connectivity index (χ0) is 16.5. The molecule has 0 saturated heterocycles. The molecule has 0 spiro atoms. The molecule has 1 heterocycles. The summed E-state index contributed by atoms with van der Waals surface area (Å²) >= 11 is 0. The Labute approximate surface area is 143 Å². The number of amides is 1. The summed E-state index contributed by atoms with van der Waals surface area (Å²) in [6.07, 6.45) is 3.98. The van der Waals surface area contributed by atoms with Crippen LogP contribution in [0, 0.1) is 5.92 Å². The monoisotopic (exact) mass is 321 g/mol. The average Bonchev–Trinajstić information content (AvgIpc) is 3.33. The van der Waals surface area contributed by atoms with Crippen LogP contribution in [0.25, 0.3) is 11.1 Å². The van der Waals surface area contributed by atoms with E-state index >= 15 is 0 Å². The molecular weight excluding hydrogens is 298 g/mol. The number of benzene rings is 2. The maximum absolute atomic E-state index is 11.8. The predicted octanol–water partition coefficient (Wildman–Crippen LogP) is 3.75. The van der Waals surface area contributed by atoms with E-state index in [4.69, 9.17) is 4.74 Å². The van der Waals surface area contributed by atoms with Gasteiger partial charge in [0.15, 0.2) is 0 Å². The second-order valence-electron chi connectivity index (χ2n) is 7.01. The third kappa shape index (κ3) is 3.30. The van der Waals surface area contributed by atoms with Crippen molar-refractivity contribution in [1.29, 1.82) is 0 Å². The first-order valence-corrected chi connectivity index (χ1v) is 8.84. The minimum Gasteiger partial charge on any atom is -0.493 e. The van der Waals surface area contributed by atoms with Crippen molar-refractivity contribution < 1.29 is 9.53 Å². The summed E-state index contributed by atoms with van der Waals surface area (Å²) in [5, 5.41) is 3.11. The number of carbonyl (C=O) groups is 1. The molecule has 24 heavy (non-hydrogen) atoms. The van der Waals surface area contributed by atoms with E-state index in [1.54, 1.807) is 0 Å². The fraction of sp³-hybridized carbons (Fsp3) is 0.381. The molecular formula is C21H23NO2. The molecule has 1 aliphatic heterocycles. The molecule has 1 saturated carbocycles. The topological polar surface area (TPSA) is 38.3 Å². The molecule has 0 bridgehead atoms. The molecule has 4 rings (SSSR count). The number of rotatable bonds is 5. The van der Waals surface area contributed by atoms with Gasteiger partial charge in [0.2, 0.25) is 5.91 Å². The number of carbonyl (C=O) groups excluding carboxylic acids is 1. The summed E-state index contributed by atoms with van der Waals surface area (Å²) in [5.41, 5.74) is 5.02. The summed E-state index contributed by atoms with van der Waals surface area (Å²) in [7, 11) is 0. The fourth-order valence-electron chi connectivity index (χ4n) is 3.31. The van der Waals surface area contributed by atoms with Gasteiger partial charge in [-0.1, -0.05) is 30.3 Å². The van der Waals surface area contributed by atoms with Crippen LogP contribution in [0.1, 0.15) is 30.9 Å². The van der Waals surface area contributed by atoms with Gasteiger partial charge < -0.3 is 10.1 Å². The van der Waals surface area contributed by atoms with Gasteiger partial charge in [0, 0.05) is 18.4 Å². The van der Waals surface area contributed by atoms with Crippen molar-refractivity contribution in [3.63, 3.8) is 0 Å². The quantitative estimate of drug-likeness (QED) is 0.911. The summed E-state index contributed by atoms with van der Waals surface area (Å²) in [4.78, 5) is 11.8. The van der Waals surface area contributed by atoms with E-state index in [0.717, 1.165) is 38.0 Å². The van der Waals surface area contributed by atoms with Crippen molar-refractivity contribution in [3.8, 4) is 16.9 Å². The SMILES string of the molecule is CC(Cc1ccc(-c2ccc3c(c2)CCO3)cc1)NC(=O)C1CC1. The van der Waals surface area contributed by atoms with Crippen LogP contribution in [0.5, 0.6) is 5.75 Å². The molecule has 0 aromatic heterocycles. The van der Waals surface area contributed by atoms with Gasteiger partial charge in [-0.2, -0.15) is 0 Å². The average molecular weight is 321 g/mol. The van der Waals surface area contributed by atoms with Crippen molar-refractivity contribution in [3.05, 3.63) is 53.6 Å². The lowest BCUT2D eigenvalue weighted by molar-refractivity contribution is -0.122. The number of nitrogens with one attached hydrogen (secondary N) is 1. The Morgan fingerprint density at radius 2 is 1.92 bits per heavy atom. The molecule has 1 fully saturated rings. The molecule has 1 amide bonds. The van der Waals surface area contributed by atoms with E-state index in [1.165, 1.54) is 22.3 Å².